The summed E-state index contributed by atoms with van der Waals surface area (Å²) in [6, 6.07) is 1.08. The van der Waals surface area contributed by atoms with Gasteiger partial charge in [-0.1, -0.05) is 81.4 Å². The topological polar surface area (TPSA) is 237 Å². The van der Waals surface area contributed by atoms with E-state index in [-0.39, 0.29) is 84.7 Å². The molecule has 1 aromatic rings. The third-order valence-corrected chi connectivity index (χ3v) is 27.5. The number of rotatable bonds is 13. The molecule has 1 aliphatic carbocycles. The van der Waals surface area contributed by atoms with E-state index in [2.05, 4.69) is 73.8 Å². The molecular weight excluding hydrogens is 1080 g/mol. The lowest BCUT2D eigenvalue weighted by molar-refractivity contribution is -0.302. The number of cyclic esters (lactones) is 1. The quantitative estimate of drug-likeness (QED) is 0.0721. The van der Waals surface area contributed by atoms with Gasteiger partial charge in [-0.15, -0.1) is 4.73 Å². The van der Waals surface area contributed by atoms with Gasteiger partial charge in [0.05, 0.1) is 37.1 Å². The molecule has 0 radical (unpaired) electrons. The molecule has 1 aromatic heterocycles. The van der Waals surface area contributed by atoms with Crippen molar-refractivity contribution in [2.75, 3.05) is 34.5 Å². The predicted molar refractivity (Wildman–Crippen MR) is 310 cm³/mol. The molecule has 0 aromatic carbocycles. The van der Waals surface area contributed by atoms with Gasteiger partial charge in [-0.2, -0.15) is 0 Å². The minimum absolute atomic E-state index is 0.00275. The van der Waals surface area contributed by atoms with Crippen molar-refractivity contribution in [3.05, 3.63) is 35.4 Å². The van der Waals surface area contributed by atoms with Crippen molar-refractivity contribution >= 4 is 46.2 Å². The molecule has 21 heteroatoms. The van der Waals surface area contributed by atoms with Gasteiger partial charge in [0.2, 0.25) is 17.5 Å². The number of aromatic hydroxyl groups is 2. The number of amides is 1. The fourth-order valence-corrected chi connectivity index (χ4v) is 14.3. The van der Waals surface area contributed by atoms with E-state index >= 15 is 9.59 Å². The van der Waals surface area contributed by atoms with Gasteiger partial charge in [-0.05, 0) is 130 Å². The number of nitrogens with zero attached hydrogens (tertiary/aromatic N) is 2. The second kappa shape index (κ2) is 27.8. The molecule has 1 saturated carbocycles. The Morgan fingerprint density at radius 3 is 1.94 bits per heavy atom. The van der Waals surface area contributed by atoms with Gasteiger partial charge >= 0.3 is 12.1 Å². The monoisotopic (exact) mass is 1180 g/mol. The van der Waals surface area contributed by atoms with Crippen molar-refractivity contribution in [1.29, 1.82) is 0 Å². The van der Waals surface area contributed by atoms with Gasteiger partial charge < -0.3 is 57.5 Å². The summed E-state index contributed by atoms with van der Waals surface area (Å²) in [6.07, 6.45) is 2.59. The number of Topliss-reactive ketones (excluding diaryl/α,β-unsaturated/α-hetero) is 2. The lowest BCUT2D eigenvalue weighted by Gasteiger charge is -2.47. The van der Waals surface area contributed by atoms with Gasteiger partial charge in [0.1, 0.15) is 18.2 Å². The maximum atomic E-state index is 15.3. The number of hydrogen-bond acceptors (Lipinski definition) is 17. The summed E-state index contributed by atoms with van der Waals surface area (Å²) in [5.41, 5.74) is 1.07. The van der Waals surface area contributed by atoms with Crippen LogP contribution < -0.4 is 4.84 Å². The summed E-state index contributed by atoms with van der Waals surface area (Å²) in [5.74, 6) is -8.82. The second-order valence-corrected chi connectivity index (χ2v) is 36.3. The lowest BCUT2D eigenvalue weighted by Crippen LogP contribution is -2.64. The molecule has 3 aliphatic heterocycles. The van der Waals surface area contributed by atoms with E-state index in [9.17, 15) is 29.7 Å². The average molecular weight is 1180 g/mol. The van der Waals surface area contributed by atoms with Crippen LogP contribution in [0.25, 0.3) is 0 Å². The van der Waals surface area contributed by atoms with E-state index in [4.69, 9.17) is 42.1 Å². The average Bonchev–Trinajstić information content (AvgIpc) is 3.91. The molecule has 2 saturated heterocycles. The highest BCUT2D eigenvalue weighted by atomic mass is 28.4. The van der Waals surface area contributed by atoms with Crippen LogP contribution in [0.3, 0.4) is 0 Å². The van der Waals surface area contributed by atoms with Crippen molar-refractivity contribution in [2.45, 2.75) is 238 Å². The number of ether oxygens (including phenoxy) is 6. The molecule has 2 bridgehead atoms. The highest BCUT2D eigenvalue weighted by molar-refractivity contribution is 6.74. The molecule has 5 rings (SSSR count). The van der Waals surface area contributed by atoms with Crippen LogP contribution in [0.4, 0.5) is 4.79 Å². The summed E-state index contributed by atoms with van der Waals surface area (Å²) < 4.78 is 51.4. The van der Waals surface area contributed by atoms with E-state index in [0.29, 0.717) is 48.0 Å². The van der Waals surface area contributed by atoms with Crippen LogP contribution in [0, 0.1) is 29.6 Å². The predicted octanol–water partition coefficient (Wildman–Crippen LogP) is 9.99. The second-order valence-electron chi connectivity index (χ2n) is 26.8. The van der Waals surface area contributed by atoms with E-state index in [1.165, 1.54) is 19.1 Å². The number of fused-ring (bicyclic) bond motifs is 3. The van der Waals surface area contributed by atoms with Crippen molar-refractivity contribution < 1.29 is 81.4 Å². The molecule has 14 atom stereocenters. The van der Waals surface area contributed by atoms with Gasteiger partial charge in [-0.25, -0.2) is 9.59 Å². The number of methoxy groups -OCH3 is 3. The van der Waals surface area contributed by atoms with E-state index in [1.807, 2.05) is 33.8 Å². The largest absolute Gasteiger partial charge is 0.533 e. The molecule has 460 valence electrons. The zero-order valence-electron chi connectivity index (χ0n) is 52.0. The standard InChI is InChI=1S/C60H100N2O17Si2/c1-36-29-37(2)31-48(72-13)53-49(73-14)33-39(4)60(70,76-53)54(66)55(67)61-27-20-19-21-43(61)56(68)75-52(38(3)32-41-22-23-45(47(34-41)71-12)78-80(15,16)58(6,7)8)40(5)46(79-81(17,18)59(9,10)11)35-44(63)42(30-36)26-28-74-57(69)77-62-50(64)24-25-51(62)65/h24-25,30,32,36-37,39-41,43,45-49,52-53,64-65,70H,19-23,26-29,31,33-35H2,1-18H3/t36?,37-,39+,40+,41?,43-,45+,46-,47+,48-,49-,52?,53+,60+/m0/s1. The molecule has 3 fully saturated rings. The number of ketones is 2. The van der Waals surface area contributed by atoms with Crippen LogP contribution in [0.1, 0.15) is 147 Å². The third-order valence-electron chi connectivity index (χ3n) is 18.5. The summed E-state index contributed by atoms with van der Waals surface area (Å²) in [6.45, 7) is 30.8. The summed E-state index contributed by atoms with van der Waals surface area (Å²) >= 11 is 0. The van der Waals surface area contributed by atoms with Gasteiger partial charge in [-0.3, -0.25) is 19.2 Å². The molecule has 4 aliphatic rings. The SMILES string of the molecule is CO[C@H]1C[C@@H](C)CC(C)C=C(CCOC(=O)On2c(O)ccc2O)C(=O)C[C@H](O[Si](C)(C)C(C)(C)C)[C@@H](C)C(C(C)=CC2CC[C@@H](O[Si](C)(C)C(C)(C)C)[C@H](OC)C2)OC(=O)[C@@H]2CCCCN2C(=O)C(=O)[C@]2(O)O[C@H]1[C@@H](OC)C[C@H]2C. The van der Waals surface area contributed by atoms with E-state index in [0.717, 1.165) is 25.0 Å². The van der Waals surface area contributed by atoms with Crippen LogP contribution >= 0.6 is 0 Å². The normalized spacial score (nSPS) is 32.5. The molecule has 0 spiro atoms. The summed E-state index contributed by atoms with van der Waals surface area (Å²) in [5, 5.41) is 32.3. The van der Waals surface area contributed by atoms with Crippen molar-refractivity contribution in [3.63, 3.8) is 0 Å². The number of aromatic nitrogens is 1. The van der Waals surface area contributed by atoms with Crippen molar-refractivity contribution in [2.24, 2.45) is 29.6 Å². The number of aliphatic hydroxyl groups is 1. The zero-order chi connectivity index (χ0) is 60.7. The molecule has 1 amide bonds. The number of carbonyl (C=O) groups excluding carboxylic acids is 5. The van der Waals surface area contributed by atoms with Crippen molar-refractivity contribution in [3.8, 4) is 11.8 Å². The minimum Gasteiger partial charge on any atom is -0.492 e. The first-order valence-electron chi connectivity index (χ1n) is 29.4. The maximum absolute atomic E-state index is 15.3. The Labute approximate surface area is 484 Å². The fraction of sp³-hybridized carbons (Fsp3) is 0.783. The Balaban J connectivity index is 1.64. The number of piperidine rings is 1. The maximum Gasteiger partial charge on any atom is 0.533 e. The first-order chi connectivity index (χ1) is 37.6. The molecular formula is C60H100N2O17Si2. The van der Waals surface area contributed by atoms with Crippen LogP contribution in [0.15, 0.2) is 35.4 Å². The number of carbonyl (C=O) groups is 5. The number of allylic oxidation sites excluding steroid dienone is 2. The highest BCUT2D eigenvalue weighted by Crippen LogP contribution is 2.44. The van der Waals surface area contributed by atoms with Crippen LogP contribution in [0.5, 0.6) is 11.8 Å². The van der Waals surface area contributed by atoms with Crippen LogP contribution in [-0.2, 0) is 56.5 Å². The smallest absolute Gasteiger partial charge is 0.492 e. The Morgan fingerprint density at radius 2 is 1.36 bits per heavy atom. The van der Waals surface area contributed by atoms with E-state index in [1.54, 1.807) is 14.0 Å². The molecule has 81 heavy (non-hydrogen) atoms. The Hall–Kier alpha value is -3.94. The Morgan fingerprint density at radius 1 is 0.778 bits per heavy atom. The van der Waals surface area contributed by atoms with E-state index < -0.39 is 106 Å². The van der Waals surface area contributed by atoms with Crippen LogP contribution in [0.2, 0.25) is 36.3 Å². The minimum atomic E-state index is -2.74. The lowest BCUT2D eigenvalue weighted by atomic mass is 9.81. The summed E-state index contributed by atoms with van der Waals surface area (Å²) in [7, 11) is -0.162. The molecule has 19 nitrogen and oxygen atoms in total. The summed E-state index contributed by atoms with van der Waals surface area (Å²) in [4.78, 5) is 79.2. The molecule has 4 heterocycles. The fourth-order valence-electron chi connectivity index (χ4n) is 11.5. The van der Waals surface area contributed by atoms with Gasteiger partial charge in [0.25, 0.3) is 11.7 Å². The first-order valence-corrected chi connectivity index (χ1v) is 35.2. The Bertz CT molecular complexity index is 2370. The third kappa shape index (κ3) is 16.7. The number of esters is 1. The molecule has 3 unspecified atom stereocenters. The molecule has 3 N–H and O–H groups in total. The number of hydrogen-bond donors (Lipinski definition) is 3. The van der Waals surface area contributed by atoms with Crippen molar-refractivity contribution in [1.82, 2.24) is 9.63 Å². The van der Waals surface area contributed by atoms with Gasteiger partial charge in [0, 0.05) is 64.7 Å². The Kier molecular flexibility index (Phi) is 23.3. The van der Waals surface area contributed by atoms with Gasteiger partial charge in [0.15, 0.2) is 22.4 Å². The zero-order valence-corrected chi connectivity index (χ0v) is 54.0. The highest BCUT2D eigenvalue weighted by Gasteiger charge is 2.57. The first kappa shape index (κ1) is 67.9. The van der Waals surface area contributed by atoms with Crippen LogP contribution in [-0.4, -0.2) is 160 Å².